The Morgan fingerprint density at radius 3 is 2.00 bits per heavy atom. The molecule has 2 N–H and O–H groups in total. The van der Waals surface area contributed by atoms with E-state index in [-0.39, 0.29) is 12.1 Å². The Morgan fingerprint density at radius 2 is 1.68 bits per heavy atom. The molecule has 11 heteroatoms. The van der Waals surface area contributed by atoms with Crippen LogP contribution in [0.3, 0.4) is 0 Å². The number of halogens is 5. The van der Waals surface area contributed by atoms with Crippen molar-refractivity contribution in [3.63, 3.8) is 0 Å². The predicted octanol–water partition coefficient (Wildman–Crippen LogP) is 3.93. The van der Waals surface area contributed by atoms with Crippen LogP contribution in [0.1, 0.15) is 15.9 Å². The first-order chi connectivity index (χ1) is 8.13. The molecular formula is C8H7F5O4S2. The minimum Gasteiger partial charge on any atom is -0.478 e. The largest absolute Gasteiger partial charge is 0.478 e. The molecule has 4 nitrogen and oxygen atoms in total. The van der Waals surface area contributed by atoms with Crippen molar-refractivity contribution >= 4 is 27.3 Å². The van der Waals surface area contributed by atoms with E-state index >= 15 is 0 Å². The van der Waals surface area contributed by atoms with Crippen molar-refractivity contribution in [2.24, 2.45) is 0 Å². The van der Waals surface area contributed by atoms with E-state index in [0.717, 1.165) is 6.92 Å². The Labute approximate surface area is 106 Å². The number of aromatic carboxylic acids is 1. The molecule has 0 aromatic heterocycles. The van der Waals surface area contributed by atoms with Crippen LogP contribution in [0.4, 0.5) is 19.4 Å². The normalized spacial score (nSPS) is 17.4. The van der Waals surface area contributed by atoms with Gasteiger partial charge in [-0.25, -0.2) is 9.00 Å². The van der Waals surface area contributed by atoms with Gasteiger partial charge in [0.05, 0.1) is 10.5 Å². The van der Waals surface area contributed by atoms with Gasteiger partial charge in [0.1, 0.15) is 4.90 Å². The number of benzene rings is 1. The second-order valence-corrected chi connectivity index (χ2v) is 6.95. The molecule has 1 unspecified atom stereocenters. The van der Waals surface area contributed by atoms with Crippen molar-refractivity contribution < 1.29 is 38.1 Å². The summed E-state index contributed by atoms with van der Waals surface area (Å²) in [5.74, 6) is -1.70. The van der Waals surface area contributed by atoms with Crippen molar-refractivity contribution in [1.29, 1.82) is 0 Å². The van der Waals surface area contributed by atoms with Crippen LogP contribution in [0.15, 0.2) is 21.9 Å². The molecule has 0 aliphatic rings. The van der Waals surface area contributed by atoms with Gasteiger partial charge in [0.25, 0.3) is 0 Å². The fourth-order valence-corrected chi connectivity index (χ4v) is 3.30. The number of rotatable bonds is 3. The summed E-state index contributed by atoms with van der Waals surface area (Å²) < 4.78 is 82.8. The number of aryl methyl sites for hydroxylation is 1. The molecule has 0 amide bonds. The molecule has 1 atom stereocenters. The fraction of sp³-hybridized carbons (Fsp3) is 0.125. The van der Waals surface area contributed by atoms with E-state index in [2.05, 4.69) is 0 Å². The number of carboxylic acid groups (broad SMARTS) is 1. The van der Waals surface area contributed by atoms with Crippen molar-refractivity contribution in [2.75, 3.05) is 0 Å². The fourth-order valence-electron chi connectivity index (χ4n) is 1.33. The zero-order chi connectivity index (χ0) is 15.3. The molecule has 1 aromatic carbocycles. The van der Waals surface area contributed by atoms with Gasteiger partial charge < -0.3 is 9.66 Å². The summed E-state index contributed by atoms with van der Waals surface area (Å²) in [5.41, 5.74) is -1.35. The van der Waals surface area contributed by atoms with E-state index in [1.807, 2.05) is 0 Å². The third kappa shape index (κ3) is 3.42. The molecule has 0 heterocycles. The Hall–Kier alpha value is -1.20. The number of carbonyl (C=O) groups is 1. The lowest BCUT2D eigenvalue weighted by atomic mass is 10.1. The topological polar surface area (TPSA) is 74.6 Å². The summed E-state index contributed by atoms with van der Waals surface area (Å²) in [6.07, 6.45) is 0. The van der Waals surface area contributed by atoms with Gasteiger partial charge in [0.15, 0.2) is 11.1 Å². The molecule has 0 aliphatic heterocycles. The summed E-state index contributed by atoms with van der Waals surface area (Å²) >= 11 is -3.41. The third-order valence-corrected chi connectivity index (χ3v) is 4.14. The number of hydrogen-bond donors (Lipinski definition) is 2. The summed E-state index contributed by atoms with van der Waals surface area (Å²) in [7, 11) is -10.2. The highest BCUT2D eigenvalue weighted by atomic mass is 32.5. The van der Waals surface area contributed by atoms with Gasteiger partial charge in [-0.3, -0.25) is 0 Å². The quantitative estimate of drug-likeness (QED) is 0.652. The molecule has 0 saturated heterocycles. The lowest BCUT2D eigenvalue weighted by Crippen LogP contribution is -2.13. The van der Waals surface area contributed by atoms with Crippen molar-refractivity contribution in [3.05, 3.63) is 23.3 Å². The minimum absolute atomic E-state index is 0.126. The van der Waals surface area contributed by atoms with E-state index in [1.165, 1.54) is 0 Å². The highest BCUT2D eigenvalue weighted by Gasteiger charge is 2.67. The van der Waals surface area contributed by atoms with E-state index in [4.69, 9.17) is 9.66 Å². The smallest absolute Gasteiger partial charge is 0.335 e. The van der Waals surface area contributed by atoms with Gasteiger partial charge >= 0.3 is 16.2 Å². The van der Waals surface area contributed by atoms with Crippen molar-refractivity contribution in [2.45, 2.75) is 16.7 Å². The first-order valence-corrected chi connectivity index (χ1v) is 7.42. The van der Waals surface area contributed by atoms with Crippen molar-refractivity contribution in [1.82, 2.24) is 0 Å². The Morgan fingerprint density at radius 1 is 1.21 bits per heavy atom. The molecular weight excluding hydrogens is 319 g/mol. The lowest BCUT2D eigenvalue weighted by molar-refractivity contribution is 0.0695. The average molecular weight is 326 g/mol. The molecule has 0 aliphatic carbocycles. The van der Waals surface area contributed by atoms with Gasteiger partial charge in [0, 0.05) is 0 Å². The average Bonchev–Trinajstić information content (AvgIpc) is 2.12. The van der Waals surface area contributed by atoms with E-state index in [9.17, 15) is 28.4 Å². The first-order valence-electron chi connectivity index (χ1n) is 4.36. The zero-order valence-electron chi connectivity index (χ0n) is 9.07. The van der Waals surface area contributed by atoms with Crippen LogP contribution in [-0.2, 0) is 11.1 Å². The maximum Gasteiger partial charge on any atom is 0.335 e. The maximum atomic E-state index is 12.7. The number of carboxylic acids is 1. The maximum absolute atomic E-state index is 12.7. The molecule has 0 saturated carbocycles. The molecule has 1 aromatic rings. The second kappa shape index (κ2) is 3.67. The van der Waals surface area contributed by atoms with Crippen LogP contribution in [0.25, 0.3) is 0 Å². The van der Waals surface area contributed by atoms with E-state index < -0.39 is 48.2 Å². The molecule has 1 rings (SSSR count). The van der Waals surface area contributed by atoms with Crippen LogP contribution < -0.4 is 0 Å². The Balaban J connectivity index is 3.84. The Bertz CT molecular complexity index is 595. The molecule has 0 spiro atoms. The first kappa shape index (κ1) is 15.9. The van der Waals surface area contributed by atoms with Crippen LogP contribution >= 0.6 is 10.2 Å². The van der Waals surface area contributed by atoms with Crippen LogP contribution in [0, 0.1) is 6.92 Å². The molecule has 0 fully saturated rings. The van der Waals surface area contributed by atoms with E-state index in [1.54, 1.807) is 0 Å². The minimum atomic E-state index is -10.2. The summed E-state index contributed by atoms with van der Waals surface area (Å²) in [6.45, 7) is 0.876. The van der Waals surface area contributed by atoms with E-state index in [0.29, 0.717) is 0 Å². The number of hydrogen-bond acceptors (Lipinski definition) is 2. The summed E-state index contributed by atoms with van der Waals surface area (Å²) in [5, 5.41) is 8.65. The third-order valence-electron chi connectivity index (χ3n) is 2.12. The van der Waals surface area contributed by atoms with Crippen LogP contribution in [-0.4, -0.2) is 19.8 Å². The highest BCUT2D eigenvalue weighted by molar-refractivity contribution is 8.45. The standard InChI is InChI=1S/C8H7F5O4S2/c1-4-2-7(19(9,10,11,12)13)6(18(16)17)3-5(4)8(14)15/h2-3H,1H3,(H,14,15)(H,16,17). The molecule has 0 bridgehead atoms. The van der Waals surface area contributed by atoms with Crippen LogP contribution in [0.5, 0.6) is 0 Å². The van der Waals surface area contributed by atoms with Gasteiger partial charge in [-0.15, -0.1) is 0 Å². The van der Waals surface area contributed by atoms with Gasteiger partial charge in [-0.2, -0.15) is 0 Å². The molecule has 110 valence electrons. The predicted molar refractivity (Wildman–Crippen MR) is 58.6 cm³/mol. The van der Waals surface area contributed by atoms with Crippen molar-refractivity contribution in [3.8, 4) is 0 Å². The molecule has 0 radical (unpaired) electrons. The Kier molecular flexibility index (Phi) is 3.06. The zero-order valence-corrected chi connectivity index (χ0v) is 10.7. The SMILES string of the molecule is Cc1cc(S(F)(F)(F)(F)F)c(S(=O)O)cc1C(=O)O. The summed E-state index contributed by atoms with van der Waals surface area (Å²) in [4.78, 5) is 6.45. The second-order valence-electron chi connectivity index (χ2n) is 3.64. The monoisotopic (exact) mass is 326 g/mol. The van der Waals surface area contributed by atoms with Gasteiger partial charge in [-0.1, -0.05) is 19.4 Å². The van der Waals surface area contributed by atoms with Gasteiger partial charge in [0.2, 0.25) is 0 Å². The van der Waals surface area contributed by atoms with Crippen LogP contribution in [0.2, 0.25) is 0 Å². The van der Waals surface area contributed by atoms with Gasteiger partial charge in [-0.05, 0) is 24.6 Å². The highest BCUT2D eigenvalue weighted by Crippen LogP contribution is 3.02. The lowest BCUT2D eigenvalue weighted by Gasteiger charge is -2.41. The molecule has 19 heavy (non-hydrogen) atoms. The summed E-state index contributed by atoms with van der Waals surface area (Å²) in [6, 6.07) is -0.00449.